The van der Waals surface area contributed by atoms with Crippen molar-refractivity contribution in [3.05, 3.63) is 48.6 Å². The third kappa shape index (κ3) is 31.9. The van der Waals surface area contributed by atoms with Gasteiger partial charge in [-0.05, 0) is 5.56 Å². The largest absolute Gasteiger partial charge is 0.460 e. The summed E-state index contributed by atoms with van der Waals surface area (Å²) in [6.07, 6.45) is 0.637. The molecule has 0 heterocycles. The number of esters is 1. The normalized spacial score (nSPS) is 11.0. The molecule has 0 fully saturated rings. The maximum atomic E-state index is 11.6. The Labute approximate surface area is 284 Å². The molecular weight excluding hydrogens is 634 g/mol. The molecule has 0 aliphatic carbocycles. The van der Waals surface area contributed by atoms with E-state index in [0.29, 0.717) is 139 Å². The Morgan fingerprint density at radius 3 is 1.17 bits per heavy atom. The van der Waals surface area contributed by atoms with Crippen molar-refractivity contribution >= 4 is 12.1 Å². The second kappa shape index (κ2) is 35.6. The minimum atomic E-state index is -0.473. The van der Waals surface area contributed by atoms with Gasteiger partial charge in [-0.1, -0.05) is 36.9 Å². The van der Waals surface area contributed by atoms with Crippen LogP contribution in [0.25, 0.3) is 0 Å². The molecule has 1 aromatic carbocycles. The highest BCUT2D eigenvalue weighted by atomic mass is 16.6. The molecule has 1 aromatic rings. The van der Waals surface area contributed by atoms with Crippen LogP contribution in [0.2, 0.25) is 0 Å². The fraction of sp³-hybridized carbons (Fsp3) is 0.697. The van der Waals surface area contributed by atoms with Gasteiger partial charge in [-0.15, -0.1) is 0 Å². The lowest BCUT2D eigenvalue weighted by Crippen LogP contribution is -2.28. The summed E-state index contributed by atoms with van der Waals surface area (Å²) in [4.78, 5) is 22.5. The van der Waals surface area contributed by atoms with Crippen molar-refractivity contribution in [1.29, 1.82) is 0 Å². The number of rotatable bonds is 36. The summed E-state index contributed by atoms with van der Waals surface area (Å²) in [5.41, 5.74) is 0.934. The summed E-state index contributed by atoms with van der Waals surface area (Å²) in [6.45, 7) is 13.2. The summed E-state index contributed by atoms with van der Waals surface area (Å²) in [7, 11) is 0. The van der Waals surface area contributed by atoms with E-state index >= 15 is 0 Å². The number of carbonyl (C=O) groups is 2. The van der Waals surface area contributed by atoms with E-state index in [4.69, 9.17) is 56.8 Å². The smallest absolute Gasteiger partial charge is 0.407 e. The summed E-state index contributed by atoms with van der Waals surface area (Å²) >= 11 is 0. The average Bonchev–Trinajstić information content (AvgIpc) is 3.11. The van der Waals surface area contributed by atoms with Crippen LogP contribution in [0.4, 0.5) is 4.79 Å². The monoisotopic (exact) mass is 689 g/mol. The van der Waals surface area contributed by atoms with E-state index in [9.17, 15) is 9.59 Å². The highest BCUT2D eigenvalue weighted by Crippen LogP contribution is 2.00. The SMILES string of the molecule is C=CC(=O)OCCOCCOCCOCCOCCOCCOCCOCCOCCOCCOCCNC(=O)OCc1ccccc1. The maximum Gasteiger partial charge on any atom is 0.407 e. The van der Waals surface area contributed by atoms with Crippen molar-refractivity contribution in [2.24, 2.45) is 0 Å². The number of hydrogen-bond donors (Lipinski definition) is 1. The molecule has 276 valence electrons. The standard InChI is InChI=1S/C33H55NO14/c1-2-32(35)47-29-28-46-27-26-45-25-24-44-23-22-43-21-20-42-19-18-41-17-16-40-15-14-39-13-12-38-11-10-37-9-8-34-33(36)48-30-31-6-4-3-5-7-31/h2-7H,1,8-30H2,(H,34,36). The molecule has 1 amide bonds. The van der Waals surface area contributed by atoms with E-state index in [2.05, 4.69) is 11.9 Å². The number of hydrogen-bond acceptors (Lipinski definition) is 14. The molecule has 1 N–H and O–H groups in total. The zero-order valence-electron chi connectivity index (χ0n) is 28.2. The van der Waals surface area contributed by atoms with Crippen molar-refractivity contribution in [2.75, 3.05) is 145 Å². The van der Waals surface area contributed by atoms with E-state index in [1.54, 1.807) is 0 Å². The van der Waals surface area contributed by atoms with Gasteiger partial charge in [0.2, 0.25) is 0 Å². The van der Waals surface area contributed by atoms with Crippen molar-refractivity contribution in [3.8, 4) is 0 Å². The van der Waals surface area contributed by atoms with Crippen molar-refractivity contribution in [1.82, 2.24) is 5.32 Å². The Hall–Kier alpha value is -2.70. The Kier molecular flexibility index (Phi) is 32.1. The van der Waals surface area contributed by atoms with Gasteiger partial charge in [0.25, 0.3) is 0 Å². The highest BCUT2D eigenvalue weighted by molar-refractivity contribution is 5.81. The summed E-state index contributed by atoms with van der Waals surface area (Å²) < 4.78 is 64.1. The second-order valence-electron chi connectivity index (χ2n) is 9.48. The first-order chi connectivity index (χ1) is 23.7. The fourth-order valence-corrected chi connectivity index (χ4v) is 3.34. The molecule has 15 nitrogen and oxygen atoms in total. The van der Waals surface area contributed by atoms with Crippen LogP contribution in [0.5, 0.6) is 0 Å². The van der Waals surface area contributed by atoms with Crippen molar-refractivity contribution < 1.29 is 66.4 Å². The predicted molar refractivity (Wildman–Crippen MR) is 174 cm³/mol. The molecule has 0 saturated carbocycles. The number of alkyl carbamates (subject to hydrolysis) is 1. The zero-order chi connectivity index (χ0) is 34.4. The van der Waals surface area contributed by atoms with Crippen molar-refractivity contribution in [2.45, 2.75) is 6.61 Å². The quantitative estimate of drug-likeness (QED) is 0.0618. The second-order valence-corrected chi connectivity index (χ2v) is 9.48. The third-order valence-electron chi connectivity index (χ3n) is 5.72. The van der Waals surface area contributed by atoms with Crippen molar-refractivity contribution in [3.63, 3.8) is 0 Å². The van der Waals surface area contributed by atoms with Gasteiger partial charge in [-0.3, -0.25) is 0 Å². The topological polar surface area (TPSA) is 157 Å². The lowest BCUT2D eigenvalue weighted by Gasteiger charge is -2.09. The van der Waals surface area contributed by atoms with E-state index in [0.717, 1.165) is 11.6 Å². The van der Waals surface area contributed by atoms with Crippen LogP contribution in [-0.2, 0) is 68.2 Å². The van der Waals surface area contributed by atoms with E-state index < -0.39 is 12.1 Å². The Balaban J connectivity index is 1.64. The van der Waals surface area contributed by atoms with Crippen LogP contribution in [0.15, 0.2) is 43.0 Å². The highest BCUT2D eigenvalue weighted by Gasteiger charge is 2.02. The molecule has 0 radical (unpaired) electrons. The third-order valence-corrected chi connectivity index (χ3v) is 5.72. The predicted octanol–water partition coefficient (Wildman–Crippen LogP) is 1.81. The lowest BCUT2D eigenvalue weighted by molar-refractivity contribution is -0.139. The van der Waals surface area contributed by atoms with Gasteiger partial charge in [0, 0.05) is 12.6 Å². The number of benzene rings is 1. The number of nitrogens with one attached hydrogen (secondary N) is 1. The Morgan fingerprint density at radius 1 is 0.479 bits per heavy atom. The molecule has 0 unspecified atom stereocenters. The molecule has 48 heavy (non-hydrogen) atoms. The van der Waals surface area contributed by atoms with Crippen LogP contribution in [0, 0.1) is 0 Å². The van der Waals surface area contributed by atoms with Gasteiger partial charge in [0.15, 0.2) is 0 Å². The first-order valence-corrected chi connectivity index (χ1v) is 16.2. The van der Waals surface area contributed by atoms with Gasteiger partial charge in [0.1, 0.15) is 13.2 Å². The fourth-order valence-electron chi connectivity index (χ4n) is 3.34. The zero-order valence-corrected chi connectivity index (χ0v) is 28.2. The van der Waals surface area contributed by atoms with Crippen LogP contribution >= 0.6 is 0 Å². The first-order valence-electron chi connectivity index (χ1n) is 16.2. The number of amides is 1. The number of ether oxygens (including phenoxy) is 12. The molecule has 0 saturated heterocycles. The molecule has 0 atom stereocenters. The molecule has 0 bridgehead atoms. The van der Waals surface area contributed by atoms with Gasteiger partial charge >= 0.3 is 12.1 Å². The van der Waals surface area contributed by atoms with Crippen LogP contribution in [-0.4, -0.2) is 157 Å². The Bertz CT molecular complexity index is 864. The van der Waals surface area contributed by atoms with Gasteiger partial charge in [-0.2, -0.15) is 0 Å². The molecule has 0 spiro atoms. The first kappa shape index (κ1) is 43.3. The molecule has 15 heteroatoms. The van der Waals surface area contributed by atoms with Gasteiger partial charge in [-0.25, -0.2) is 9.59 Å². The van der Waals surface area contributed by atoms with E-state index in [1.165, 1.54) is 0 Å². The minimum absolute atomic E-state index is 0.193. The Morgan fingerprint density at radius 2 is 0.812 bits per heavy atom. The molecule has 0 aliphatic heterocycles. The molecule has 1 rings (SSSR count). The van der Waals surface area contributed by atoms with Crippen LogP contribution in [0.1, 0.15) is 5.56 Å². The van der Waals surface area contributed by atoms with Crippen LogP contribution < -0.4 is 5.32 Å². The van der Waals surface area contributed by atoms with Gasteiger partial charge < -0.3 is 62.2 Å². The minimum Gasteiger partial charge on any atom is -0.460 e. The molecular formula is C33H55NO14. The van der Waals surface area contributed by atoms with Crippen LogP contribution in [0.3, 0.4) is 0 Å². The summed E-state index contributed by atoms with van der Waals surface area (Å²) in [5, 5.41) is 2.64. The molecule has 0 aromatic heterocycles. The van der Waals surface area contributed by atoms with E-state index in [1.807, 2.05) is 30.3 Å². The van der Waals surface area contributed by atoms with E-state index in [-0.39, 0.29) is 13.2 Å². The number of carbonyl (C=O) groups excluding carboxylic acids is 2. The summed E-state index contributed by atoms with van der Waals surface area (Å²) in [5.74, 6) is -0.463. The summed E-state index contributed by atoms with van der Waals surface area (Å²) in [6, 6.07) is 9.49. The maximum absolute atomic E-state index is 11.6. The molecule has 0 aliphatic rings. The average molecular weight is 690 g/mol. The van der Waals surface area contributed by atoms with Gasteiger partial charge in [0.05, 0.1) is 132 Å². The lowest BCUT2D eigenvalue weighted by atomic mass is 10.2.